The number of fused-ring (bicyclic) bond motifs is 1. The van der Waals surface area contributed by atoms with Crippen LogP contribution in [0.15, 0.2) is 30.3 Å². The second kappa shape index (κ2) is 4.34. The monoisotopic (exact) mass is 224 g/mol. The van der Waals surface area contributed by atoms with Gasteiger partial charge in [-0.25, -0.2) is 0 Å². The lowest BCUT2D eigenvalue weighted by Crippen LogP contribution is -2.10. The highest BCUT2D eigenvalue weighted by molar-refractivity contribution is 6.07. The van der Waals surface area contributed by atoms with Gasteiger partial charge in [0.1, 0.15) is 0 Å². The van der Waals surface area contributed by atoms with Crippen molar-refractivity contribution in [2.75, 3.05) is 0 Å². The Labute approximate surface area is 99.9 Å². The lowest BCUT2D eigenvalue weighted by atomic mass is 10.0. The van der Waals surface area contributed by atoms with Crippen LogP contribution in [0.5, 0.6) is 0 Å². The van der Waals surface area contributed by atoms with E-state index in [-0.39, 0.29) is 17.5 Å². The number of ketones is 1. The molecule has 0 saturated carbocycles. The van der Waals surface area contributed by atoms with Crippen LogP contribution in [0.4, 0.5) is 5.82 Å². The molecular formula is C14H12N2O. The van der Waals surface area contributed by atoms with Gasteiger partial charge in [0.2, 0.25) is 11.5 Å². The summed E-state index contributed by atoms with van der Waals surface area (Å²) in [6, 6.07) is 9.23. The molecule has 3 heteroatoms. The molecule has 0 amide bonds. The van der Waals surface area contributed by atoms with Crippen LogP contribution in [0.1, 0.15) is 24.3 Å². The van der Waals surface area contributed by atoms with E-state index < -0.39 is 0 Å². The summed E-state index contributed by atoms with van der Waals surface area (Å²) in [5.74, 6) is 0.131. The topological polar surface area (TPSA) is 34.3 Å². The van der Waals surface area contributed by atoms with Gasteiger partial charge in [0, 0.05) is 11.3 Å². The third-order valence-electron chi connectivity index (χ3n) is 2.60. The van der Waals surface area contributed by atoms with E-state index in [9.17, 15) is 4.79 Å². The summed E-state index contributed by atoms with van der Waals surface area (Å²) in [6.45, 7) is 10.7. The number of benzene rings is 1. The standard InChI is InChI=1S/C14H12N2O/c1-9(2)14(17)13-11-7-5-4-6-10(11)8-12(15-3)16-13/h4-9H,1-2H3. The van der Waals surface area contributed by atoms with E-state index >= 15 is 0 Å². The van der Waals surface area contributed by atoms with Gasteiger partial charge in [-0.1, -0.05) is 38.6 Å². The van der Waals surface area contributed by atoms with Gasteiger partial charge >= 0.3 is 0 Å². The van der Waals surface area contributed by atoms with Crippen molar-refractivity contribution in [1.29, 1.82) is 0 Å². The van der Waals surface area contributed by atoms with Crippen LogP contribution in [0.2, 0.25) is 0 Å². The summed E-state index contributed by atoms with van der Waals surface area (Å²) in [6.07, 6.45) is 0. The maximum Gasteiger partial charge on any atom is 0.270 e. The normalized spacial score (nSPS) is 10.5. The number of hydrogen-bond donors (Lipinski definition) is 0. The molecule has 3 nitrogen and oxygen atoms in total. The number of Topliss-reactive ketones (excluding diaryl/α,β-unsaturated/α-hetero) is 1. The Morgan fingerprint density at radius 2 is 2.06 bits per heavy atom. The number of carbonyl (C=O) groups is 1. The Hall–Kier alpha value is -2.21. The second-order valence-electron chi connectivity index (χ2n) is 4.18. The number of pyridine rings is 1. The molecule has 0 N–H and O–H groups in total. The van der Waals surface area contributed by atoms with Crippen LogP contribution in [-0.4, -0.2) is 10.8 Å². The van der Waals surface area contributed by atoms with Crippen molar-refractivity contribution >= 4 is 22.4 Å². The highest BCUT2D eigenvalue weighted by Crippen LogP contribution is 2.24. The van der Waals surface area contributed by atoms with Crippen molar-refractivity contribution < 1.29 is 4.79 Å². The van der Waals surface area contributed by atoms with Gasteiger partial charge in [-0.3, -0.25) is 4.79 Å². The van der Waals surface area contributed by atoms with E-state index in [2.05, 4.69) is 9.83 Å². The average molecular weight is 224 g/mol. The SMILES string of the molecule is [C-]#[N+]c1cc2ccccc2c(C(=O)C(C)C)n1. The number of rotatable bonds is 2. The Kier molecular flexibility index (Phi) is 2.88. The Morgan fingerprint density at radius 3 is 2.71 bits per heavy atom. The molecule has 0 atom stereocenters. The molecule has 0 aliphatic carbocycles. The fourth-order valence-electron chi connectivity index (χ4n) is 1.70. The number of aromatic nitrogens is 1. The quantitative estimate of drug-likeness (QED) is 0.576. The van der Waals surface area contributed by atoms with Gasteiger partial charge in [0.25, 0.3) is 5.82 Å². The first-order valence-corrected chi connectivity index (χ1v) is 5.45. The van der Waals surface area contributed by atoms with Crippen molar-refractivity contribution in [2.45, 2.75) is 13.8 Å². The molecule has 84 valence electrons. The van der Waals surface area contributed by atoms with Crippen LogP contribution in [0.25, 0.3) is 15.6 Å². The lowest BCUT2D eigenvalue weighted by molar-refractivity contribution is 0.0936. The zero-order valence-corrected chi connectivity index (χ0v) is 9.77. The molecule has 1 aromatic heterocycles. The van der Waals surface area contributed by atoms with Crippen LogP contribution in [0, 0.1) is 12.5 Å². The fraction of sp³-hybridized carbons (Fsp3) is 0.214. The molecule has 2 aromatic rings. The molecule has 17 heavy (non-hydrogen) atoms. The van der Waals surface area contributed by atoms with Crippen LogP contribution in [0.3, 0.4) is 0 Å². The molecule has 0 unspecified atom stereocenters. The fourth-order valence-corrected chi connectivity index (χ4v) is 1.70. The molecule has 1 aromatic carbocycles. The summed E-state index contributed by atoms with van der Waals surface area (Å²) in [4.78, 5) is 19.5. The van der Waals surface area contributed by atoms with Gasteiger partial charge in [0.05, 0.1) is 0 Å². The van der Waals surface area contributed by atoms with Crippen LogP contribution in [-0.2, 0) is 0 Å². The molecule has 0 aliphatic rings. The average Bonchev–Trinajstić information content (AvgIpc) is 2.36. The number of hydrogen-bond acceptors (Lipinski definition) is 2. The summed E-state index contributed by atoms with van der Waals surface area (Å²) in [5.41, 5.74) is 0.407. The first kappa shape index (κ1) is 11.3. The molecule has 2 rings (SSSR count). The first-order chi connectivity index (χ1) is 8.13. The van der Waals surface area contributed by atoms with Gasteiger partial charge in [0.15, 0.2) is 0 Å². The second-order valence-corrected chi connectivity index (χ2v) is 4.18. The minimum atomic E-state index is -0.119. The van der Waals surface area contributed by atoms with E-state index in [4.69, 9.17) is 6.57 Å². The first-order valence-electron chi connectivity index (χ1n) is 5.45. The number of carbonyl (C=O) groups excluding carboxylic acids is 1. The summed E-state index contributed by atoms with van der Waals surface area (Å²) in [7, 11) is 0. The smallest absolute Gasteiger partial charge is 0.270 e. The molecule has 0 fully saturated rings. The molecular weight excluding hydrogens is 212 g/mol. The molecule has 1 heterocycles. The predicted molar refractivity (Wildman–Crippen MR) is 67.2 cm³/mol. The van der Waals surface area contributed by atoms with Crippen molar-refractivity contribution in [3.8, 4) is 0 Å². The van der Waals surface area contributed by atoms with E-state index in [0.29, 0.717) is 5.69 Å². The van der Waals surface area contributed by atoms with Gasteiger partial charge in [-0.2, -0.15) is 0 Å². The van der Waals surface area contributed by atoms with E-state index in [0.717, 1.165) is 10.8 Å². The summed E-state index contributed by atoms with van der Waals surface area (Å²) in [5, 5.41) is 1.70. The molecule has 0 aliphatic heterocycles. The van der Waals surface area contributed by atoms with Crippen molar-refractivity contribution in [3.05, 3.63) is 47.4 Å². The van der Waals surface area contributed by atoms with Crippen LogP contribution >= 0.6 is 0 Å². The third kappa shape index (κ3) is 2.02. The maximum absolute atomic E-state index is 12.1. The molecule has 0 saturated heterocycles. The van der Waals surface area contributed by atoms with Gasteiger partial charge in [-0.15, -0.1) is 4.98 Å². The Morgan fingerprint density at radius 1 is 1.35 bits per heavy atom. The van der Waals surface area contributed by atoms with Crippen molar-refractivity contribution in [1.82, 2.24) is 4.98 Å². The Bertz CT molecular complexity index is 624. The third-order valence-corrected chi connectivity index (χ3v) is 2.60. The van der Waals surface area contributed by atoms with E-state index in [1.165, 1.54) is 0 Å². The van der Waals surface area contributed by atoms with Gasteiger partial charge in [-0.05, 0) is 17.5 Å². The van der Waals surface area contributed by atoms with Crippen molar-refractivity contribution in [3.63, 3.8) is 0 Å². The highest BCUT2D eigenvalue weighted by Gasteiger charge is 2.19. The maximum atomic E-state index is 12.1. The predicted octanol–water partition coefficient (Wildman–Crippen LogP) is 3.62. The number of nitrogens with zero attached hydrogens (tertiary/aromatic N) is 2. The van der Waals surface area contributed by atoms with E-state index in [1.807, 2.05) is 38.1 Å². The minimum absolute atomic E-state index is 0.0216. The molecule has 0 spiro atoms. The Balaban J connectivity index is 2.76. The van der Waals surface area contributed by atoms with Crippen molar-refractivity contribution in [2.24, 2.45) is 5.92 Å². The largest absolute Gasteiger partial charge is 0.361 e. The minimum Gasteiger partial charge on any atom is -0.361 e. The lowest BCUT2D eigenvalue weighted by Gasteiger charge is -2.05. The van der Waals surface area contributed by atoms with Crippen LogP contribution < -0.4 is 0 Å². The summed E-state index contributed by atoms with van der Waals surface area (Å²) < 4.78 is 0. The summed E-state index contributed by atoms with van der Waals surface area (Å²) >= 11 is 0. The van der Waals surface area contributed by atoms with Gasteiger partial charge < -0.3 is 4.85 Å². The zero-order valence-electron chi connectivity index (χ0n) is 9.77. The van der Waals surface area contributed by atoms with E-state index in [1.54, 1.807) is 6.07 Å². The highest BCUT2D eigenvalue weighted by atomic mass is 16.1. The zero-order chi connectivity index (χ0) is 12.4. The molecule has 0 bridgehead atoms. The molecule has 0 radical (unpaired) electrons.